The molecule has 0 fully saturated rings. The standard InChI is InChI=1S/C22H29NO3S/c1-16(2)20-12-10-19(11-13-20)15-27(25,26)18(4)22(24)23-14-17(3)21-8-6-5-7-9-21/h5-13,16-18H,14-15H2,1-4H3,(H,23,24). The number of carbonyl (C=O) groups is 1. The molecule has 0 radical (unpaired) electrons. The van der Waals surface area contributed by atoms with Crippen molar-refractivity contribution in [3.63, 3.8) is 0 Å². The smallest absolute Gasteiger partial charge is 0.238 e. The summed E-state index contributed by atoms with van der Waals surface area (Å²) in [5.74, 6) is -0.0639. The largest absolute Gasteiger partial charge is 0.354 e. The van der Waals surface area contributed by atoms with E-state index in [9.17, 15) is 13.2 Å². The molecule has 2 atom stereocenters. The highest BCUT2D eigenvalue weighted by molar-refractivity contribution is 7.92. The highest BCUT2D eigenvalue weighted by Gasteiger charge is 2.28. The first kappa shape index (κ1) is 21.2. The molecule has 27 heavy (non-hydrogen) atoms. The highest BCUT2D eigenvalue weighted by Crippen LogP contribution is 2.18. The van der Waals surface area contributed by atoms with Gasteiger partial charge in [0.25, 0.3) is 0 Å². The summed E-state index contributed by atoms with van der Waals surface area (Å²) < 4.78 is 25.2. The zero-order valence-corrected chi connectivity index (χ0v) is 17.3. The van der Waals surface area contributed by atoms with Crippen LogP contribution >= 0.6 is 0 Å². The molecule has 4 nitrogen and oxygen atoms in total. The van der Waals surface area contributed by atoms with Gasteiger partial charge in [-0.05, 0) is 35.4 Å². The molecule has 146 valence electrons. The number of benzene rings is 2. The van der Waals surface area contributed by atoms with Crippen LogP contribution < -0.4 is 5.32 Å². The summed E-state index contributed by atoms with van der Waals surface area (Å²) in [5.41, 5.74) is 2.98. The maximum atomic E-state index is 12.6. The second kappa shape index (κ2) is 9.18. The van der Waals surface area contributed by atoms with Gasteiger partial charge in [-0.1, -0.05) is 75.4 Å². The summed E-state index contributed by atoms with van der Waals surface area (Å²) in [4.78, 5) is 12.4. The van der Waals surface area contributed by atoms with Crippen molar-refractivity contribution in [3.05, 3.63) is 71.3 Å². The zero-order chi connectivity index (χ0) is 20.0. The number of carbonyl (C=O) groups excluding carboxylic acids is 1. The molecule has 0 bridgehead atoms. The van der Waals surface area contributed by atoms with Crippen molar-refractivity contribution >= 4 is 15.7 Å². The van der Waals surface area contributed by atoms with Gasteiger partial charge in [0.15, 0.2) is 9.84 Å². The number of hydrogen-bond donors (Lipinski definition) is 1. The molecule has 0 aliphatic rings. The molecule has 2 aromatic rings. The highest BCUT2D eigenvalue weighted by atomic mass is 32.2. The van der Waals surface area contributed by atoms with Crippen LogP contribution in [0.2, 0.25) is 0 Å². The van der Waals surface area contributed by atoms with E-state index in [0.717, 1.165) is 11.1 Å². The van der Waals surface area contributed by atoms with Gasteiger partial charge in [-0.25, -0.2) is 8.42 Å². The second-order valence-electron chi connectivity index (χ2n) is 7.40. The lowest BCUT2D eigenvalue weighted by atomic mass is 10.0. The average Bonchev–Trinajstić information content (AvgIpc) is 2.66. The molecule has 0 aromatic heterocycles. The number of hydrogen-bond acceptors (Lipinski definition) is 3. The third-order valence-electron chi connectivity index (χ3n) is 4.87. The van der Waals surface area contributed by atoms with E-state index in [-0.39, 0.29) is 11.7 Å². The van der Waals surface area contributed by atoms with E-state index in [1.54, 1.807) is 0 Å². The van der Waals surface area contributed by atoms with E-state index in [2.05, 4.69) is 19.2 Å². The van der Waals surface area contributed by atoms with Gasteiger partial charge in [0.2, 0.25) is 5.91 Å². The van der Waals surface area contributed by atoms with Crippen LogP contribution in [0.4, 0.5) is 0 Å². The normalized spacial score (nSPS) is 14.0. The van der Waals surface area contributed by atoms with Crippen LogP contribution in [-0.2, 0) is 20.4 Å². The molecule has 0 aliphatic carbocycles. The quantitative estimate of drug-likeness (QED) is 0.744. The summed E-state index contributed by atoms with van der Waals surface area (Å²) in [5, 5.41) is 1.70. The van der Waals surface area contributed by atoms with E-state index < -0.39 is 21.0 Å². The summed E-state index contributed by atoms with van der Waals surface area (Å²) in [6, 6.07) is 17.4. The SMILES string of the molecule is CC(C)c1ccc(CS(=O)(=O)C(C)C(=O)NCC(C)c2ccccc2)cc1. The van der Waals surface area contributed by atoms with Crippen molar-refractivity contribution in [2.75, 3.05) is 6.54 Å². The number of sulfone groups is 1. The first-order valence-corrected chi connectivity index (χ1v) is 11.1. The molecule has 2 aromatic carbocycles. The van der Waals surface area contributed by atoms with Gasteiger partial charge in [0.05, 0.1) is 5.75 Å². The predicted molar refractivity (Wildman–Crippen MR) is 110 cm³/mol. The Morgan fingerprint density at radius 3 is 2.04 bits per heavy atom. The summed E-state index contributed by atoms with van der Waals surface area (Å²) >= 11 is 0. The lowest BCUT2D eigenvalue weighted by molar-refractivity contribution is -0.120. The molecular weight excluding hydrogens is 358 g/mol. The second-order valence-corrected chi connectivity index (χ2v) is 9.72. The van der Waals surface area contributed by atoms with E-state index >= 15 is 0 Å². The van der Waals surface area contributed by atoms with Gasteiger partial charge in [-0.2, -0.15) is 0 Å². The molecule has 0 saturated heterocycles. The number of rotatable bonds is 8. The van der Waals surface area contributed by atoms with Gasteiger partial charge >= 0.3 is 0 Å². The van der Waals surface area contributed by atoms with Crippen LogP contribution in [0.1, 0.15) is 56.2 Å². The van der Waals surface area contributed by atoms with Crippen LogP contribution in [0.3, 0.4) is 0 Å². The first-order chi connectivity index (χ1) is 12.7. The Morgan fingerprint density at radius 1 is 0.889 bits per heavy atom. The number of nitrogens with one attached hydrogen (secondary N) is 1. The van der Waals surface area contributed by atoms with Crippen molar-refractivity contribution in [1.29, 1.82) is 0 Å². The van der Waals surface area contributed by atoms with E-state index in [0.29, 0.717) is 18.0 Å². The molecule has 2 unspecified atom stereocenters. The first-order valence-electron chi connectivity index (χ1n) is 9.33. The summed E-state index contributed by atoms with van der Waals surface area (Å²) in [6.45, 7) is 8.06. The molecule has 1 amide bonds. The van der Waals surface area contributed by atoms with Crippen LogP contribution in [0.15, 0.2) is 54.6 Å². The van der Waals surface area contributed by atoms with Crippen LogP contribution in [-0.4, -0.2) is 26.1 Å². The molecule has 2 rings (SSSR count). The Bertz CT molecular complexity index is 843. The molecule has 0 saturated carbocycles. The van der Waals surface area contributed by atoms with E-state index in [4.69, 9.17) is 0 Å². The van der Waals surface area contributed by atoms with E-state index in [1.165, 1.54) is 6.92 Å². The molecule has 1 N–H and O–H groups in total. The third-order valence-corrected chi connectivity index (χ3v) is 6.90. The van der Waals surface area contributed by atoms with Crippen LogP contribution in [0, 0.1) is 0 Å². The Labute approximate surface area is 162 Å². The number of amides is 1. The predicted octanol–water partition coefficient (Wildman–Crippen LogP) is 4.03. The van der Waals surface area contributed by atoms with Crippen LogP contribution in [0.25, 0.3) is 0 Å². The Kier molecular flexibility index (Phi) is 7.19. The Balaban J connectivity index is 1.95. The topological polar surface area (TPSA) is 63.2 Å². The lowest BCUT2D eigenvalue weighted by Crippen LogP contribution is -2.39. The maximum Gasteiger partial charge on any atom is 0.238 e. The maximum absolute atomic E-state index is 12.6. The fourth-order valence-electron chi connectivity index (χ4n) is 2.82. The minimum absolute atomic E-state index is 0.119. The minimum atomic E-state index is -3.57. The molecule has 0 heterocycles. The van der Waals surface area contributed by atoms with E-state index in [1.807, 2.05) is 61.5 Å². The van der Waals surface area contributed by atoms with Gasteiger partial charge in [0, 0.05) is 6.54 Å². The fraction of sp³-hybridized carbons (Fsp3) is 0.409. The molecular formula is C22H29NO3S. The zero-order valence-electron chi connectivity index (χ0n) is 16.5. The summed E-state index contributed by atoms with van der Waals surface area (Å²) in [7, 11) is -3.57. The van der Waals surface area contributed by atoms with Gasteiger partial charge in [-0.3, -0.25) is 4.79 Å². The van der Waals surface area contributed by atoms with Crippen molar-refractivity contribution in [2.45, 2.75) is 50.5 Å². The van der Waals surface area contributed by atoms with Crippen molar-refractivity contribution in [1.82, 2.24) is 5.32 Å². The van der Waals surface area contributed by atoms with Crippen molar-refractivity contribution < 1.29 is 13.2 Å². The Morgan fingerprint density at radius 2 is 1.48 bits per heavy atom. The average molecular weight is 388 g/mol. The van der Waals surface area contributed by atoms with Gasteiger partial charge in [0.1, 0.15) is 5.25 Å². The molecule has 0 spiro atoms. The van der Waals surface area contributed by atoms with Crippen LogP contribution in [0.5, 0.6) is 0 Å². The van der Waals surface area contributed by atoms with Gasteiger partial charge < -0.3 is 5.32 Å². The minimum Gasteiger partial charge on any atom is -0.354 e. The lowest BCUT2D eigenvalue weighted by Gasteiger charge is -2.17. The van der Waals surface area contributed by atoms with Crippen molar-refractivity contribution in [3.8, 4) is 0 Å². The molecule has 0 aliphatic heterocycles. The summed E-state index contributed by atoms with van der Waals surface area (Å²) in [6.07, 6.45) is 0. The molecule has 5 heteroatoms. The third kappa shape index (κ3) is 5.93. The Hall–Kier alpha value is -2.14. The van der Waals surface area contributed by atoms with Crippen molar-refractivity contribution in [2.24, 2.45) is 0 Å². The monoisotopic (exact) mass is 387 g/mol. The fourth-order valence-corrected chi connectivity index (χ4v) is 4.13. The van der Waals surface area contributed by atoms with Gasteiger partial charge in [-0.15, -0.1) is 0 Å².